The lowest BCUT2D eigenvalue weighted by atomic mass is 10.0. The molecular formula is C16H25NO. The number of nitrogens with one attached hydrogen (secondary N) is 1. The third-order valence-corrected chi connectivity index (χ3v) is 3.47. The highest BCUT2D eigenvalue weighted by molar-refractivity contribution is 5.33. The average Bonchev–Trinajstić information content (AvgIpc) is 3.13. The van der Waals surface area contributed by atoms with Gasteiger partial charge in [0, 0.05) is 19.7 Å². The first-order chi connectivity index (χ1) is 8.62. The largest absolute Gasteiger partial charge is 0.375 e. The van der Waals surface area contributed by atoms with Crippen LogP contribution in [0.3, 0.4) is 0 Å². The summed E-state index contributed by atoms with van der Waals surface area (Å²) in [7, 11) is 0. The Morgan fingerprint density at radius 1 is 1.28 bits per heavy atom. The summed E-state index contributed by atoms with van der Waals surface area (Å²) in [4.78, 5) is 0. The van der Waals surface area contributed by atoms with E-state index in [2.05, 4.69) is 43.4 Å². The van der Waals surface area contributed by atoms with Gasteiger partial charge in [-0.1, -0.05) is 24.3 Å². The smallest absolute Gasteiger partial charge is 0.0750 e. The van der Waals surface area contributed by atoms with Crippen molar-refractivity contribution in [3.63, 3.8) is 0 Å². The van der Waals surface area contributed by atoms with Gasteiger partial charge in [0.25, 0.3) is 0 Å². The summed E-state index contributed by atoms with van der Waals surface area (Å²) < 4.78 is 5.69. The Kier molecular flexibility index (Phi) is 4.41. The Balaban J connectivity index is 1.86. The van der Waals surface area contributed by atoms with Gasteiger partial charge in [-0.2, -0.15) is 0 Å². The molecule has 100 valence electrons. The summed E-state index contributed by atoms with van der Waals surface area (Å²) in [6.07, 6.45) is 2.73. The summed E-state index contributed by atoms with van der Waals surface area (Å²) in [5.74, 6) is 0.822. The Labute approximate surface area is 111 Å². The Bertz CT molecular complexity index is 382. The molecule has 1 N–H and O–H groups in total. The van der Waals surface area contributed by atoms with Crippen molar-refractivity contribution in [1.82, 2.24) is 5.32 Å². The number of hydrogen-bond donors (Lipinski definition) is 1. The van der Waals surface area contributed by atoms with Crippen molar-refractivity contribution in [3.8, 4) is 0 Å². The Hall–Kier alpha value is -0.860. The van der Waals surface area contributed by atoms with Gasteiger partial charge in [-0.3, -0.25) is 0 Å². The fourth-order valence-corrected chi connectivity index (χ4v) is 2.43. The minimum absolute atomic E-state index is 0.0801. The summed E-state index contributed by atoms with van der Waals surface area (Å²) in [5.41, 5.74) is 2.91. The van der Waals surface area contributed by atoms with Crippen molar-refractivity contribution in [2.24, 2.45) is 0 Å². The van der Waals surface area contributed by atoms with Crippen molar-refractivity contribution < 1.29 is 4.74 Å². The summed E-state index contributed by atoms with van der Waals surface area (Å²) in [5, 5.41) is 3.52. The van der Waals surface area contributed by atoms with Gasteiger partial charge in [-0.25, -0.2) is 0 Å². The van der Waals surface area contributed by atoms with Crippen molar-refractivity contribution in [3.05, 3.63) is 35.4 Å². The van der Waals surface area contributed by atoms with E-state index in [4.69, 9.17) is 4.74 Å². The highest BCUT2D eigenvalue weighted by Crippen LogP contribution is 2.41. The first kappa shape index (κ1) is 13.6. The molecule has 2 rings (SSSR count). The molecule has 2 nitrogen and oxygen atoms in total. The maximum Gasteiger partial charge on any atom is 0.0750 e. The summed E-state index contributed by atoms with van der Waals surface area (Å²) in [6, 6.07) is 8.81. The molecule has 0 heterocycles. The van der Waals surface area contributed by atoms with Crippen LogP contribution in [0.5, 0.6) is 0 Å². The second-order valence-corrected chi connectivity index (χ2v) is 5.77. The van der Waals surface area contributed by atoms with Gasteiger partial charge in [0.1, 0.15) is 0 Å². The molecule has 0 radical (unpaired) electrons. The third kappa shape index (κ3) is 3.82. The van der Waals surface area contributed by atoms with Gasteiger partial charge in [0.15, 0.2) is 0 Å². The minimum Gasteiger partial charge on any atom is -0.375 e. The van der Waals surface area contributed by atoms with Crippen molar-refractivity contribution in [2.75, 3.05) is 13.2 Å². The SMILES string of the molecule is CCOC(C)(C)CNCc1ccccc1C1CC1. The predicted molar refractivity (Wildman–Crippen MR) is 75.8 cm³/mol. The minimum atomic E-state index is -0.0801. The van der Waals surface area contributed by atoms with E-state index in [1.54, 1.807) is 5.56 Å². The van der Waals surface area contributed by atoms with Gasteiger partial charge in [-0.15, -0.1) is 0 Å². The average molecular weight is 247 g/mol. The van der Waals surface area contributed by atoms with E-state index in [0.717, 1.165) is 25.6 Å². The maximum atomic E-state index is 5.69. The van der Waals surface area contributed by atoms with Crippen molar-refractivity contribution in [1.29, 1.82) is 0 Å². The third-order valence-electron chi connectivity index (χ3n) is 3.47. The van der Waals surface area contributed by atoms with Gasteiger partial charge in [-0.05, 0) is 50.7 Å². The molecular weight excluding hydrogens is 222 g/mol. The van der Waals surface area contributed by atoms with Crippen LogP contribution in [0.15, 0.2) is 24.3 Å². The Morgan fingerprint density at radius 3 is 2.67 bits per heavy atom. The fourth-order valence-electron chi connectivity index (χ4n) is 2.43. The molecule has 0 amide bonds. The van der Waals surface area contributed by atoms with E-state index in [0.29, 0.717) is 0 Å². The molecule has 1 aromatic carbocycles. The first-order valence-electron chi connectivity index (χ1n) is 7.05. The number of rotatable bonds is 7. The van der Waals surface area contributed by atoms with Crippen LogP contribution in [0.1, 0.15) is 50.7 Å². The lowest BCUT2D eigenvalue weighted by Gasteiger charge is -2.25. The van der Waals surface area contributed by atoms with E-state index in [1.165, 1.54) is 18.4 Å². The molecule has 1 saturated carbocycles. The molecule has 0 spiro atoms. The quantitative estimate of drug-likeness (QED) is 0.796. The molecule has 18 heavy (non-hydrogen) atoms. The van der Waals surface area contributed by atoms with E-state index >= 15 is 0 Å². The second kappa shape index (κ2) is 5.85. The monoisotopic (exact) mass is 247 g/mol. The molecule has 1 fully saturated rings. The van der Waals surface area contributed by atoms with E-state index in [9.17, 15) is 0 Å². The summed E-state index contributed by atoms with van der Waals surface area (Å²) >= 11 is 0. The zero-order chi connectivity index (χ0) is 13.0. The number of hydrogen-bond acceptors (Lipinski definition) is 2. The molecule has 1 aliphatic rings. The van der Waals surface area contributed by atoms with Gasteiger partial charge < -0.3 is 10.1 Å². The Morgan fingerprint density at radius 2 is 2.00 bits per heavy atom. The normalized spacial score (nSPS) is 15.9. The van der Waals surface area contributed by atoms with Crippen LogP contribution in [0, 0.1) is 0 Å². The second-order valence-electron chi connectivity index (χ2n) is 5.77. The fraction of sp³-hybridized carbons (Fsp3) is 0.625. The van der Waals surface area contributed by atoms with Crippen molar-refractivity contribution in [2.45, 2.75) is 51.7 Å². The lowest BCUT2D eigenvalue weighted by molar-refractivity contribution is -0.00898. The van der Waals surface area contributed by atoms with Gasteiger partial charge in [0.05, 0.1) is 5.60 Å². The molecule has 0 aliphatic heterocycles. The number of ether oxygens (including phenoxy) is 1. The molecule has 0 saturated heterocycles. The maximum absolute atomic E-state index is 5.69. The highest BCUT2D eigenvalue weighted by Gasteiger charge is 2.25. The van der Waals surface area contributed by atoms with Crippen LogP contribution < -0.4 is 5.32 Å². The molecule has 0 atom stereocenters. The summed E-state index contributed by atoms with van der Waals surface area (Å²) in [6.45, 7) is 8.92. The number of benzene rings is 1. The highest BCUT2D eigenvalue weighted by atomic mass is 16.5. The molecule has 1 aromatic rings. The van der Waals surface area contributed by atoms with Crippen LogP contribution in [0.4, 0.5) is 0 Å². The van der Waals surface area contributed by atoms with Crippen LogP contribution in [0.25, 0.3) is 0 Å². The van der Waals surface area contributed by atoms with Crippen LogP contribution in [0.2, 0.25) is 0 Å². The van der Waals surface area contributed by atoms with Gasteiger partial charge >= 0.3 is 0 Å². The van der Waals surface area contributed by atoms with E-state index in [-0.39, 0.29) is 5.60 Å². The topological polar surface area (TPSA) is 21.3 Å². The van der Waals surface area contributed by atoms with Crippen LogP contribution in [-0.2, 0) is 11.3 Å². The predicted octanol–water partition coefficient (Wildman–Crippen LogP) is 3.47. The van der Waals surface area contributed by atoms with Crippen molar-refractivity contribution >= 4 is 0 Å². The molecule has 0 aromatic heterocycles. The first-order valence-corrected chi connectivity index (χ1v) is 7.05. The van der Waals surface area contributed by atoms with Crippen LogP contribution in [-0.4, -0.2) is 18.8 Å². The zero-order valence-electron chi connectivity index (χ0n) is 11.8. The van der Waals surface area contributed by atoms with E-state index in [1.807, 2.05) is 6.92 Å². The molecule has 0 unspecified atom stereocenters. The van der Waals surface area contributed by atoms with Gasteiger partial charge in [0.2, 0.25) is 0 Å². The lowest BCUT2D eigenvalue weighted by Crippen LogP contribution is -2.37. The molecule has 0 bridgehead atoms. The standard InChI is InChI=1S/C16H25NO/c1-4-18-16(2,3)12-17-11-14-7-5-6-8-15(14)13-9-10-13/h5-8,13,17H,4,9-12H2,1-3H3. The zero-order valence-corrected chi connectivity index (χ0v) is 11.8. The van der Waals surface area contributed by atoms with E-state index < -0.39 is 0 Å². The van der Waals surface area contributed by atoms with Crippen LogP contribution >= 0.6 is 0 Å². The molecule has 1 aliphatic carbocycles. The molecule has 2 heteroatoms.